The second-order valence-electron chi connectivity index (χ2n) is 2.47. The smallest absolute Gasteiger partial charge is 0.232 e. The zero-order chi connectivity index (χ0) is 8.27. The van der Waals surface area contributed by atoms with Crippen molar-refractivity contribution in [2.24, 2.45) is 0 Å². The molecule has 0 heterocycles. The molecule has 1 rings (SSSR count). The van der Waals surface area contributed by atoms with Crippen molar-refractivity contribution in [3.05, 3.63) is 35.9 Å². The summed E-state index contributed by atoms with van der Waals surface area (Å²) in [5, 5.41) is 0.241. The Morgan fingerprint density at radius 3 is 2.18 bits per heavy atom. The first kappa shape index (κ1) is 8.34. The third kappa shape index (κ3) is 2.09. The first-order valence-corrected chi connectivity index (χ1v) is 5.43. The zero-order valence-corrected chi connectivity index (χ0v) is 7.52. The van der Waals surface area contributed by atoms with E-state index in [4.69, 9.17) is 0 Å². The molecule has 0 aliphatic heterocycles. The van der Waals surface area contributed by atoms with Gasteiger partial charge < -0.3 is 0 Å². The van der Waals surface area contributed by atoms with Crippen molar-refractivity contribution in [3.63, 3.8) is 0 Å². The van der Waals surface area contributed by atoms with Gasteiger partial charge >= 0.3 is 5.12 Å². The normalized spacial score (nSPS) is 10.1. The molecule has 0 aliphatic carbocycles. The maximum Gasteiger partial charge on any atom is 0.361 e. The Kier molecular flexibility index (Phi) is 2.71. The Balaban J connectivity index is 2.86. The molecule has 0 aromatic heterocycles. The van der Waals surface area contributed by atoms with Crippen LogP contribution >= 0.6 is 0 Å². The Hall–Kier alpha value is -0.760. The van der Waals surface area contributed by atoms with Crippen LogP contribution in [0.25, 0.3) is 0 Å². The van der Waals surface area contributed by atoms with Gasteiger partial charge in [0.05, 0.1) is 16.5 Å². The molecule has 1 aromatic carbocycles. The minimum atomic E-state index is -0.150. The highest BCUT2D eigenvalue weighted by Crippen LogP contribution is 2.03. The van der Waals surface area contributed by atoms with E-state index >= 15 is 0 Å². The highest BCUT2D eigenvalue weighted by molar-refractivity contribution is 8.10. The van der Waals surface area contributed by atoms with Crippen LogP contribution in [0.3, 0.4) is 0 Å². The summed E-state index contributed by atoms with van der Waals surface area (Å²) in [7, 11) is -0.150. The molecule has 0 bridgehead atoms. The largest absolute Gasteiger partial charge is 0.361 e. The molecule has 0 atom stereocenters. The molecule has 0 saturated carbocycles. The van der Waals surface area contributed by atoms with E-state index in [1.54, 1.807) is 0 Å². The maximum absolute atomic E-state index is 11.4. The average Bonchev–Trinajstić information content (AvgIpc) is 2.05. The summed E-state index contributed by atoms with van der Waals surface area (Å²) in [6.45, 7) is 0. The first-order chi connectivity index (χ1) is 5.22. The van der Waals surface area contributed by atoms with Crippen molar-refractivity contribution in [1.29, 1.82) is 0 Å². The number of carbonyl (C=O) groups excluding carboxylic acids is 1. The molecule has 1 nitrogen and oxygen atoms in total. The van der Waals surface area contributed by atoms with Gasteiger partial charge in [-0.1, -0.05) is 18.2 Å². The predicted molar refractivity (Wildman–Crippen MR) is 50.0 cm³/mol. The van der Waals surface area contributed by atoms with Crippen molar-refractivity contribution < 1.29 is 4.79 Å². The Bertz CT molecular complexity index is 241. The van der Waals surface area contributed by atoms with Gasteiger partial charge in [0.15, 0.2) is 0 Å². The third-order valence-electron chi connectivity index (χ3n) is 1.38. The fraction of sp³-hybridized carbons (Fsp3) is 0.222. The lowest BCUT2D eigenvalue weighted by Crippen LogP contribution is -2.11. The van der Waals surface area contributed by atoms with Crippen LogP contribution < -0.4 is 0 Å². The molecule has 0 spiro atoms. The second-order valence-corrected chi connectivity index (χ2v) is 4.47. The summed E-state index contributed by atoms with van der Waals surface area (Å²) in [6, 6.07) is 9.41. The molecular weight excluding hydrogens is 156 g/mol. The summed E-state index contributed by atoms with van der Waals surface area (Å²) < 4.78 is 0. The van der Waals surface area contributed by atoms with Crippen LogP contribution in [-0.2, 0) is 10.9 Å². The number of benzene rings is 1. The molecular formula is C9H11OS+. The van der Waals surface area contributed by atoms with Crippen molar-refractivity contribution in [2.75, 3.05) is 12.5 Å². The van der Waals surface area contributed by atoms with E-state index in [2.05, 4.69) is 0 Å². The minimum Gasteiger partial charge on any atom is -0.232 e. The highest BCUT2D eigenvalue weighted by atomic mass is 32.2. The van der Waals surface area contributed by atoms with Crippen LogP contribution in [0.4, 0.5) is 0 Å². The fourth-order valence-corrected chi connectivity index (χ4v) is 1.42. The van der Waals surface area contributed by atoms with Crippen LogP contribution in [0.1, 0.15) is 10.4 Å². The molecule has 0 aliphatic rings. The second kappa shape index (κ2) is 3.58. The third-order valence-corrected chi connectivity index (χ3v) is 2.36. The number of rotatable bonds is 1. The lowest BCUT2D eigenvalue weighted by atomic mass is 10.2. The van der Waals surface area contributed by atoms with Crippen LogP contribution in [0.15, 0.2) is 30.3 Å². The summed E-state index contributed by atoms with van der Waals surface area (Å²) >= 11 is 0. The van der Waals surface area contributed by atoms with Crippen LogP contribution in [0.5, 0.6) is 0 Å². The van der Waals surface area contributed by atoms with E-state index in [1.165, 1.54) is 0 Å². The van der Waals surface area contributed by atoms with Crippen molar-refractivity contribution in [3.8, 4) is 0 Å². The van der Waals surface area contributed by atoms with Crippen LogP contribution in [-0.4, -0.2) is 17.6 Å². The number of carbonyl (C=O) groups is 1. The SMILES string of the molecule is C[S+](C)C(=O)c1ccccc1. The van der Waals surface area contributed by atoms with E-state index in [0.717, 1.165) is 5.56 Å². The Morgan fingerprint density at radius 2 is 1.73 bits per heavy atom. The minimum absolute atomic E-state index is 0.150. The lowest BCUT2D eigenvalue weighted by molar-refractivity contribution is 0.108. The topological polar surface area (TPSA) is 17.1 Å². The van der Waals surface area contributed by atoms with Gasteiger partial charge in [-0.05, 0) is 12.1 Å². The van der Waals surface area contributed by atoms with Gasteiger partial charge in [0.1, 0.15) is 12.5 Å². The average molecular weight is 167 g/mol. The highest BCUT2D eigenvalue weighted by Gasteiger charge is 2.18. The van der Waals surface area contributed by atoms with Gasteiger partial charge in [-0.2, -0.15) is 0 Å². The quantitative estimate of drug-likeness (QED) is 0.582. The van der Waals surface area contributed by atoms with Crippen molar-refractivity contribution >= 4 is 16.0 Å². The van der Waals surface area contributed by atoms with Crippen LogP contribution in [0.2, 0.25) is 0 Å². The first-order valence-electron chi connectivity index (χ1n) is 3.39. The Labute approximate surface area is 69.8 Å². The number of hydrogen-bond donors (Lipinski definition) is 0. The van der Waals surface area contributed by atoms with Crippen molar-refractivity contribution in [2.45, 2.75) is 0 Å². The van der Waals surface area contributed by atoms with Gasteiger partial charge in [-0.15, -0.1) is 0 Å². The van der Waals surface area contributed by atoms with Gasteiger partial charge in [-0.3, -0.25) is 0 Å². The molecule has 2 heteroatoms. The molecule has 0 fully saturated rings. The molecule has 0 radical (unpaired) electrons. The van der Waals surface area contributed by atoms with E-state index < -0.39 is 0 Å². The summed E-state index contributed by atoms with van der Waals surface area (Å²) in [5.41, 5.74) is 0.820. The van der Waals surface area contributed by atoms with Gasteiger partial charge in [0.25, 0.3) is 0 Å². The molecule has 1 aromatic rings. The summed E-state index contributed by atoms with van der Waals surface area (Å²) in [5.74, 6) is 0. The van der Waals surface area contributed by atoms with Gasteiger partial charge in [0.2, 0.25) is 0 Å². The lowest BCUT2D eigenvalue weighted by Gasteiger charge is -1.93. The summed E-state index contributed by atoms with van der Waals surface area (Å²) in [4.78, 5) is 11.4. The molecule has 0 unspecified atom stereocenters. The molecule has 0 saturated heterocycles. The Morgan fingerprint density at radius 1 is 1.18 bits per heavy atom. The molecule has 11 heavy (non-hydrogen) atoms. The molecule has 0 N–H and O–H groups in total. The maximum atomic E-state index is 11.4. The fourth-order valence-electron chi connectivity index (χ4n) is 0.810. The van der Waals surface area contributed by atoms with Crippen LogP contribution in [0, 0.1) is 0 Å². The molecule has 0 amide bonds. The van der Waals surface area contributed by atoms with E-state index in [1.807, 2.05) is 42.8 Å². The molecule has 58 valence electrons. The monoisotopic (exact) mass is 167 g/mol. The number of hydrogen-bond acceptors (Lipinski definition) is 1. The van der Waals surface area contributed by atoms with E-state index in [9.17, 15) is 4.79 Å². The predicted octanol–water partition coefficient (Wildman–Crippen LogP) is 1.70. The summed E-state index contributed by atoms with van der Waals surface area (Å²) in [6.07, 6.45) is 3.88. The van der Waals surface area contributed by atoms with Gasteiger partial charge in [0, 0.05) is 0 Å². The van der Waals surface area contributed by atoms with Crippen molar-refractivity contribution in [1.82, 2.24) is 0 Å². The zero-order valence-electron chi connectivity index (χ0n) is 6.70. The van der Waals surface area contributed by atoms with E-state index in [0.29, 0.717) is 0 Å². The van der Waals surface area contributed by atoms with Gasteiger partial charge in [-0.25, -0.2) is 4.79 Å². The standard InChI is InChI=1S/C9H11OS/c1-11(2)9(10)8-6-4-3-5-7-8/h3-7H,1-2H3/q+1. The van der Waals surface area contributed by atoms with E-state index in [-0.39, 0.29) is 16.0 Å².